The second-order valence-corrected chi connectivity index (χ2v) is 3.37. The van der Waals surface area contributed by atoms with Crippen molar-refractivity contribution in [2.75, 3.05) is 20.8 Å². The first-order valence-corrected chi connectivity index (χ1v) is 5.01. The lowest BCUT2D eigenvalue weighted by molar-refractivity contribution is 0.0593. The summed E-state index contributed by atoms with van der Waals surface area (Å²) < 4.78 is 11.5. The van der Waals surface area contributed by atoms with E-state index in [0.29, 0.717) is 12.4 Å². The van der Waals surface area contributed by atoms with Crippen LogP contribution in [-0.2, 0) is 16.0 Å². The van der Waals surface area contributed by atoms with E-state index >= 15 is 0 Å². The molecule has 0 spiro atoms. The second kappa shape index (κ2) is 4.34. The molecule has 6 nitrogen and oxygen atoms in total. The maximum Gasteiger partial charge on any atom is 0.358 e. The number of nitrogens with zero attached hydrogens (tertiary/aromatic N) is 3. The first-order valence-electron chi connectivity index (χ1n) is 5.01. The quantitative estimate of drug-likeness (QED) is 0.649. The summed E-state index contributed by atoms with van der Waals surface area (Å²) in [6.45, 7) is 1.43. The molecule has 1 aliphatic heterocycles. The minimum Gasteiger partial charge on any atom is -0.480 e. The zero-order chi connectivity index (χ0) is 11.5. The highest BCUT2D eigenvalue weighted by Crippen LogP contribution is 2.12. The third-order valence-electron chi connectivity index (χ3n) is 2.37. The molecule has 0 saturated heterocycles. The molecule has 1 aromatic rings. The minimum atomic E-state index is -0.448. The minimum absolute atomic E-state index is 0.282. The van der Waals surface area contributed by atoms with E-state index in [-0.39, 0.29) is 5.69 Å². The normalized spacial score (nSPS) is 14.8. The highest BCUT2D eigenvalue weighted by Gasteiger charge is 2.20. The van der Waals surface area contributed by atoms with Gasteiger partial charge in [-0.2, -0.15) is 5.10 Å². The van der Waals surface area contributed by atoms with Crippen LogP contribution in [0.15, 0.2) is 11.1 Å². The average molecular weight is 223 g/mol. The summed E-state index contributed by atoms with van der Waals surface area (Å²) in [6.07, 6.45) is 0.877. The fourth-order valence-electron chi connectivity index (χ4n) is 1.61. The first-order chi connectivity index (χ1) is 7.76. The van der Waals surface area contributed by atoms with Gasteiger partial charge in [0, 0.05) is 19.2 Å². The van der Waals surface area contributed by atoms with Crippen molar-refractivity contribution in [2.45, 2.75) is 13.0 Å². The molecule has 1 aliphatic rings. The number of aryl methyl sites for hydroxylation is 1. The van der Waals surface area contributed by atoms with Gasteiger partial charge in [0.05, 0.1) is 14.2 Å². The van der Waals surface area contributed by atoms with E-state index in [0.717, 1.165) is 18.7 Å². The molecule has 0 aromatic carbocycles. The van der Waals surface area contributed by atoms with Crippen molar-refractivity contribution in [2.24, 2.45) is 4.99 Å². The van der Waals surface area contributed by atoms with Gasteiger partial charge in [-0.15, -0.1) is 0 Å². The molecule has 0 fully saturated rings. The number of hydrogen-bond acceptors (Lipinski definition) is 5. The van der Waals surface area contributed by atoms with Crippen LogP contribution in [0.25, 0.3) is 0 Å². The second-order valence-electron chi connectivity index (χ2n) is 3.37. The summed E-state index contributed by atoms with van der Waals surface area (Å²) >= 11 is 0. The van der Waals surface area contributed by atoms with Crippen LogP contribution in [0.5, 0.6) is 0 Å². The maximum atomic E-state index is 11.3. The Balaban J connectivity index is 2.41. The molecule has 0 amide bonds. The number of esters is 1. The molecule has 0 atom stereocenters. The average Bonchev–Trinajstić information content (AvgIpc) is 2.64. The van der Waals surface area contributed by atoms with Crippen LogP contribution in [0.1, 0.15) is 22.6 Å². The van der Waals surface area contributed by atoms with Crippen molar-refractivity contribution >= 4 is 11.9 Å². The van der Waals surface area contributed by atoms with Gasteiger partial charge in [0.25, 0.3) is 0 Å². The molecular weight excluding hydrogens is 210 g/mol. The molecule has 0 unspecified atom stereocenters. The molecule has 0 aliphatic carbocycles. The Kier molecular flexibility index (Phi) is 2.89. The van der Waals surface area contributed by atoms with Gasteiger partial charge in [-0.05, 0) is 6.42 Å². The van der Waals surface area contributed by atoms with Gasteiger partial charge < -0.3 is 9.47 Å². The molecule has 0 bridgehead atoms. The largest absolute Gasteiger partial charge is 0.480 e. The van der Waals surface area contributed by atoms with E-state index in [2.05, 4.69) is 14.8 Å². The van der Waals surface area contributed by atoms with Crippen LogP contribution in [0.3, 0.4) is 0 Å². The molecular formula is C10H13N3O3. The van der Waals surface area contributed by atoms with Crippen molar-refractivity contribution in [3.05, 3.63) is 17.5 Å². The summed E-state index contributed by atoms with van der Waals surface area (Å²) in [4.78, 5) is 15.6. The van der Waals surface area contributed by atoms with Crippen LogP contribution in [0, 0.1) is 0 Å². The Morgan fingerprint density at radius 1 is 1.50 bits per heavy atom. The van der Waals surface area contributed by atoms with Crippen molar-refractivity contribution in [3.63, 3.8) is 0 Å². The Hall–Kier alpha value is -1.85. The van der Waals surface area contributed by atoms with Crippen LogP contribution in [0.2, 0.25) is 0 Å². The van der Waals surface area contributed by atoms with Crippen molar-refractivity contribution < 1.29 is 14.3 Å². The number of rotatable bonds is 1. The van der Waals surface area contributed by atoms with Crippen LogP contribution >= 0.6 is 0 Å². The van der Waals surface area contributed by atoms with Gasteiger partial charge in [-0.25, -0.2) is 9.79 Å². The number of carbonyl (C=O) groups is 1. The van der Waals surface area contributed by atoms with Gasteiger partial charge >= 0.3 is 5.97 Å². The standard InChI is InChI=1S/C10H13N3O3/c1-15-9-8-6-7(10(14)16-2)12-13(8)5-3-4-11-9/h6H,3-5H2,1-2H3. The summed E-state index contributed by atoms with van der Waals surface area (Å²) in [5.41, 5.74) is 1.00. The monoisotopic (exact) mass is 223 g/mol. The molecule has 86 valence electrons. The molecule has 16 heavy (non-hydrogen) atoms. The van der Waals surface area contributed by atoms with E-state index in [1.54, 1.807) is 17.9 Å². The number of methoxy groups -OCH3 is 2. The van der Waals surface area contributed by atoms with E-state index in [4.69, 9.17) is 4.74 Å². The lowest BCUT2D eigenvalue weighted by Crippen LogP contribution is -2.10. The van der Waals surface area contributed by atoms with Crippen LogP contribution in [0.4, 0.5) is 0 Å². The topological polar surface area (TPSA) is 65.7 Å². The Morgan fingerprint density at radius 2 is 2.31 bits per heavy atom. The van der Waals surface area contributed by atoms with E-state index in [1.807, 2.05) is 0 Å². The van der Waals surface area contributed by atoms with Gasteiger partial charge in [0.15, 0.2) is 5.69 Å². The number of aromatic nitrogens is 2. The predicted molar refractivity (Wildman–Crippen MR) is 56.6 cm³/mol. The molecule has 6 heteroatoms. The summed E-state index contributed by atoms with van der Waals surface area (Å²) in [7, 11) is 2.89. The predicted octanol–water partition coefficient (Wildman–Crippen LogP) is 0.466. The Morgan fingerprint density at radius 3 is 3.00 bits per heavy atom. The van der Waals surface area contributed by atoms with Crippen LogP contribution < -0.4 is 0 Å². The Labute approximate surface area is 92.9 Å². The van der Waals surface area contributed by atoms with Gasteiger partial charge in [-0.1, -0.05) is 0 Å². The van der Waals surface area contributed by atoms with Gasteiger partial charge in [0.1, 0.15) is 5.69 Å². The number of ether oxygens (including phenoxy) is 2. The van der Waals surface area contributed by atoms with E-state index in [1.165, 1.54) is 7.11 Å². The SMILES string of the molecule is COC(=O)c1cc2n(n1)CCCN=C2OC. The zero-order valence-electron chi connectivity index (χ0n) is 9.27. The molecule has 1 aromatic heterocycles. The molecule has 0 saturated carbocycles. The summed E-state index contributed by atoms with van der Waals surface area (Å²) in [5.74, 6) is 0.0659. The smallest absolute Gasteiger partial charge is 0.358 e. The number of fused-ring (bicyclic) bond motifs is 1. The lowest BCUT2D eigenvalue weighted by Gasteiger charge is -2.03. The lowest BCUT2D eigenvalue weighted by atomic mass is 10.3. The third-order valence-corrected chi connectivity index (χ3v) is 2.37. The number of aliphatic imine (C=N–C) groups is 1. The number of hydrogen-bond donors (Lipinski definition) is 0. The third kappa shape index (κ3) is 1.78. The maximum absolute atomic E-state index is 11.3. The molecule has 2 heterocycles. The van der Waals surface area contributed by atoms with E-state index in [9.17, 15) is 4.79 Å². The highest BCUT2D eigenvalue weighted by molar-refractivity contribution is 5.96. The fourth-order valence-corrected chi connectivity index (χ4v) is 1.61. The summed E-state index contributed by atoms with van der Waals surface area (Å²) in [5, 5.41) is 4.16. The van der Waals surface area contributed by atoms with Crippen molar-refractivity contribution in [3.8, 4) is 0 Å². The summed E-state index contributed by atoms with van der Waals surface area (Å²) in [6, 6.07) is 1.64. The van der Waals surface area contributed by atoms with Crippen molar-refractivity contribution in [1.29, 1.82) is 0 Å². The Bertz CT molecular complexity index is 437. The van der Waals surface area contributed by atoms with E-state index < -0.39 is 5.97 Å². The van der Waals surface area contributed by atoms with Gasteiger partial charge in [0.2, 0.25) is 5.90 Å². The number of carbonyl (C=O) groups excluding carboxylic acids is 1. The van der Waals surface area contributed by atoms with Crippen LogP contribution in [-0.4, -0.2) is 42.4 Å². The molecule has 0 radical (unpaired) electrons. The molecule has 0 N–H and O–H groups in total. The molecule has 2 rings (SSSR count). The fraction of sp³-hybridized carbons (Fsp3) is 0.500. The highest BCUT2D eigenvalue weighted by atomic mass is 16.5. The van der Waals surface area contributed by atoms with Crippen molar-refractivity contribution in [1.82, 2.24) is 9.78 Å². The van der Waals surface area contributed by atoms with Gasteiger partial charge in [-0.3, -0.25) is 4.68 Å². The zero-order valence-corrected chi connectivity index (χ0v) is 9.27. The first kappa shape index (κ1) is 10.7.